The van der Waals surface area contributed by atoms with Crippen molar-refractivity contribution in [1.29, 1.82) is 0 Å². The first-order valence-corrected chi connectivity index (χ1v) is 6.38. The van der Waals surface area contributed by atoms with Crippen LogP contribution in [0, 0.1) is 0 Å². The number of ether oxygens (including phenoxy) is 1. The SMILES string of the molecule is Cn1nnc2cc(C(=O)O)c(OCc3ccccc3)cc21. The maximum atomic E-state index is 11.3. The van der Waals surface area contributed by atoms with Crippen LogP contribution in [0.2, 0.25) is 0 Å². The molecule has 3 aromatic rings. The van der Waals surface area contributed by atoms with Gasteiger partial charge in [-0.25, -0.2) is 9.48 Å². The van der Waals surface area contributed by atoms with Gasteiger partial charge in [-0.2, -0.15) is 0 Å². The molecule has 0 fully saturated rings. The monoisotopic (exact) mass is 283 g/mol. The zero-order chi connectivity index (χ0) is 14.8. The lowest BCUT2D eigenvalue weighted by molar-refractivity contribution is 0.0692. The van der Waals surface area contributed by atoms with E-state index in [2.05, 4.69) is 10.3 Å². The number of benzene rings is 2. The fourth-order valence-corrected chi connectivity index (χ4v) is 2.08. The molecule has 1 heterocycles. The maximum absolute atomic E-state index is 11.3. The second-order valence-corrected chi connectivity index (χ2v) is 4.63. The van der Waals surface area contributed by atoms with E-state index in [0.29, 0.717) is 17.9 Å². The Hall–Kier alpha value is -2.89. The zero-order valence-electron chi connectivity index (χ0n) is 11.4. The molecule has 0 radical (unpaired) electrons. The fourth-order valence-electron chi connectivity index (χ4n) is 2.08. The Kier molecular flexibility index (Phi) is 3.27. The smallest absolute Gasteiger partial charge is 0.339 e. The predicted octanol–water partition coefficient (Wildman–Crippen LogP) is 2.25. The normalized spacial score (nSPS) is 10.7. The lowest BCUT2D eigenvalue weighted by atomic mass is 10.1. The summed E-state index contributed by atoms with van der Waals surface area (Å²) in [7, 11) is 1.75. The summed E-state index contributed by atoms with van der Waals surface area (Å²) in [5, 5.41) is 17.1. The van der Waals surface area contributed by atoms with E-state index in [-0.39, 0.29) is 5.56 Å². The van der Waals surface area contributed by atoms with Crippen molar-refractivity contribution in [1.82, 2.24) is 15.0 Å². The molecular formula is C15H13N3O3. The van der Waals surface area contributed by atoms with E-state index >= 15 is 0 Å². The van der Waals surface area contributed by atoms with Crippen molar-refractivity contribution in [3.05, 3.63) is 53.6 Å². The van der Waals surface area contributed by atoms with Gasteiger partial charge in [0.25, 0.3) is 0 Å². The Bertz CT molecular complexity index is 797. The van der Waals surface area contributed by atoms with Crippen LogP contribution in [0.3, 0.4) is 0 Å². The van der Waals surface area contributed by atoms with Gasteiger partial charge < -0.3 is 9.84 Å². The number of hydrogen-bond acceptors (Lipinski definition) is 4. The third-order valence-electron chi connectivity index (χ3n) is 3.18. The van der Waals surface area contributed by atoms with Crippen LogP contribution in [0.1, 0.15) is 15.9 Å². The van der Waals surface area contributed by atoms with E-state index in [0.717, 1.165) is 11.1 Å². The van der Waals surface area contributed by atoms with Gasteiger partial charge >= 0.3 is 5.97 Å². The van der Waals surface area contributed by atoms with E-state index in [1.54, 1.807) is 17.8 Å². The average molecular weight is 283 g/mol. The van der Waals surface area contributed by atoms with Gasteiger partial charge in [0.15, 0.2) is 0 Å². The minimum Gasteiger partial charge on any atom is -0.488 e. The average Bonchev–Trinajstić information content (AvgIpc) is 2.86. The molecule has 0 saturated carbocycles. The molecule has 0 spiro atoms. The van der Waals surface area contributed by atoms with Gasteiger partial charge in [0.05, 0.1) is 5.52 Å². The molecule has 2 aromatic carbocycles. The van der Waals surface area contributed by atoms with Crippen LogP contribution in [0.4, 0.5) is 0 Å². The Morgan fingerprint density at radius 3 is 2.76 bits per heavy atom. The zero-order valence-corrected chi connectivity index (χ0v) is 11.4. The molecule has 1 N–H and O–H groups in total. The highest BCUT2D eigenvalue weighted by Crippen LogP contribution is 2.25. The molecule has 21 heavy (non-hydrogen) atoms. The number of carboxylic acid groups (broad SMARTS) is 1. The van der Waals surface area contributed by atoms with E-state index in [9.17, 15) is 9.90 Å². The Balaban J connectivity index is 1.97. The van der Waals surface area contributed by atoms with Crippen LogP contribution in [-0.2, 0) is 13.7 Å². The predicted molar refractivity (Wildman–Crippen MR) is 76.2 cm³/mol. The minimum absolute atomic E-state index is 0.0823. The van der Waals surface area contributed by atoms with Crippen molar-refractivity contribution in [2.45, 2.75) is 6.61 Å². The second kappa shape index (κ2) is 5.24. The Morgan fingerprint density at radius 2 is 2.05 bits per heavy atom. The largest absolute Gasteiger partial charge is 0.488 e. The minimum atomic E-state index is -1.05. The number of aryl methyl sites for hydroxylation is 1. The molecule has 106 valence electrons. The quantitative estimate of drug-likeness (QED) is 0.794. The standard InChI is InChI=1S/C15H13N3O3/c1-18-13-8-14(21-9-10-5-3-2-4-6-10)11(15(19)20)7-12(13)16-17-18/h2-8H,9H2,1H3,(H,19,20). The molecule has 0 aliphatic carbocycles. The Labute approximate surface area is 120 Å². The summed E-state index contributed by atoms with van der Waals surface area (Å²) < 4.78 is 7.25. The van der Waals surface area contributed by atoms with Crippen LogP contribution < -0.4 is 4.74 Å². The molecule has 6 nitrogen and oxygen atoms in total. The third-order valence-corrected chi connectivity index (χ3v) is 3.18. The summed E-state index contributed by atoms with van der Waals surface area (Å²) in [6.45, 7) is 0.303. The number of fused-ring (bicyclic) bond motifs is 1. The highest BCUT2D eigenvalue weighted by molar-refractivity contribution is 5.95. The Morgan fingerprint density at radius 1 is 1.29 bits per heavy atom. The number of aromatic carboxylic acids is 1. The fraction of sp³-hybridized carbons (Fsp3) is 0.133. The third kappa shape index (κ3) is 2.55. The van der Waals surface area contributed by atoms with Crippen molar-refractivity contribution in [2.24, 2.45) is 7.05 Å². The van der Waals surface area contributed by atoms with E-state index in [1.807, 2.05) is 30.3 Å². The second-order valence-electron chi connectivity index (χ2n) is 4.63. The number of carbonyl (C=O) groups is 1. The number of nitrogens with zero attached hydrogens (tertiary/aromatic N) is 3. The van der Waals surface area contributed by atoms with Gasteiger partial charge in [-0.3, -0.25) is 0 Å². The molecule has 3 rings (SSSR count). The molecular weight excluding hydrogens is 270 g/mol. The van der Waals surface area contributed by atoms with Crippen molar-refractivity contribution < 1.29 is 14.6 Å². The number of carboxylic acids is 1. The van der Waals surface area contributed by atoms with Gasteiger partial charge in [-0.15, -0.1) is 5.10 Å². The molecule has 0 atom stereocenters. The van der Waals surface area contributed by atoms with Gasteiger partial charge in [-0.1, -0.05) is 35.5 Å². The molecule has 0 aliphatic heterocycles. The molecule has 6 heteroatoms. The highest BCUT2D eigenvalue weighted by atomic mass is 16.5. The lowest BCUT2D eigenvalue weighted by Gasteiger charge is -2.09. The molecule has 0 unspecified atom stereocenters. The van der Waals surface area contributed by atoms with Crippen molar-refractivity contribution in [2.75, 3.05) is 0 Å². The molecule has 1 aromatic heterocycles. The van der Waals surface area contributed by atoms with Gasteiger partial charge in [0.2, 0.25) is 0 Å². The summed E-state index contributed by atoms with van der Waals surface area (Å²) in [5.74, 6) is -0.741. The number of aromatic nitrogens is 3. The summed E-state index contributed by atoms with van der Waals surface area (Å²) in [5.41, 5.74) is 2.31. The van der Waals surface area contributed by atoms with Crippen LogP contribution in [0.5, 0.6) is 5.75 Å². The number of hydrogen-bond donors (Lipinski definition) is 1. The lowest BCUT2D eigenvalue weighted by Crippen LogP contribution is -2.04. The number of rotatable bonds is 4. The summed E-state index contributed by atoms with van der Waals surface area (Å²) in [6.07, 6.45) is 0. The first-order chi connectivity index (χ1) is 10.1. The first kappa shape index (κ1) is 13.1. The van der Waals surface area contributed by atoms with E-state index in [1.165, 1.54) is 6.07 Å². The molecule has 0 bridgehead atoms. The van der Waals surface area contributed by atoms with Gasteiger partial charge in [0.1, 0.15) is 23.4 Å². The first-order valence-electron chi connectivity index (χ1n) is 6.38. The van der Waals surface area contributed by atoms with Crippen LogP contribution >= 0.6 is 0 Å². The highest BCUT2D eigenvalue weighted by Gasteiger charge is 2.15. The summed E-state index contributed by atoms with van der Waals surface area (Å²) in [4.78, 5) is 11.3. The van der Waals surface area contributed by atoms with Gasteiger partial charge in [-0.05, 0) is 11.6 Å². The van der Waals surface area contributed by atoms with Crippen LogP contribution in [-0.4, -0.2) is 26.1 Å². The summed E-state index contributed by atoms with van der Waals surface area (Å²) in [6, 6.07) is 12.7. The molecule has 0 aliphatic rings. The molecule has 0 amide bonds. The maximum Gasteiger partial charge on any atom is 0.339 e. The topological polar surface area (TPSA) is 77.2 Å². The summed E-state index contributed by atoms with van der Waals surface area (Å²) >= 11 is 0. The van der Waals surface area contributed by atoms with Crippen LogP contribution in [0.25, 0.3) is 11.0 Å². The van der Waals surface area contributed by atoms with E-state index < -0.39 is 5.97 Å². The van der Waals surface area contributed by atoms with Crippen molar-refractivity contribution >= 4 is 17.0 Å². The molecule has 0 saturated heterocycles. The van der Waals surface area contributed by atoms with Crippen LogP contribution in [0.15, 0.2) is 42.5 Å². The van der Waals surface area contributed by atoms with Crippen molar-refractivity contribution in [3.63, 3.8) is 0 Å². The van der Waals surface area contributed by atoms with Crippen molar-refractivity contribution in [3.8, 4) is 5.75 Å². The van der Waals surface area contributed by atoms with E-state index in [4.69, 9.17) is 4.74 Å². The van der Waals surface area contributed by atoms with Gasteiger partial charge in [0, 0.05) is 13.1 Å².